The highest BCUT2D eigenvalue weighted by atomic mass is 31.1. The van der Waals surface area contributed by atoms with Gasteiger partial charge in [0.1, 0.15) is 5.75 Å². The Labute approximate surface area is 163 Å². The fourth-order valence-corrected chi connectivity index (χ4v) is 4.78. The summed E-state index contributed by atoms with van der Waals surface area (Å²) < 4.78 is 5.66. The van der Waals surface area contributed by atoms with Crippen molar-refractivity contribution in [3.05, 3.63) is 95.1 Å². The number of benzene rings is 3. The molecule has 0 radical (unpaired) electrons. The minimum atomic E-state index is 0.330. The molecule has 0 bridgehead atoms. The molecule has 0 N–H and O–H groups in total. The predicted molar refractivity (Wildman–Crippen MR) is 115 cm³/mol. The largest absolute Gasteiger partial charge is 0.496 e. The molecule has 0 aliphatic carbocycles. The van der Waals surface area contributed by atoms with E-state index in [1.165, 1.54) is 16.7 Å². The Hall–Kier alpha value is -2.44. The van der Waals surface area contributed by atoms with Gasteiger partial charge in [0, 0.05) is 16.8 Å². The van der Waals surface area contributed by atoms with Gasteiger partial charge in [-0.15, -0.1) is 0 Å². The summed E-state index contributed by atoms with van der Waals surface area (Å²) in [6, 6.07) is 24.9. The molecule has 0 saturated heterocycles. The summed E-state index contributed by atoms with van der Waals surface area (Å²) in [6.07, 6.45) is 2.86. The van der Waals surface area contributed by atoms with E-state index in [0.717, 1.165) is 35.7 Å². The SMILES string of the molecule is CCC(Pc1ccccc1C=O)c1cc(Cc2ccccc2)ccc1OC. The molecule has 2 atom stereocenters. The first-order chi connectivity index (χ1) is 13.2. The molecular formula is C24H25O2P. The van der Waals surface area contributed by atoms with Gasteiger partial charge in [0.05, 0.1) is 7.11 Å². The topological polar surface area (TPSA) is 26.3 Å². The highest BCUT2D eigenvalue weighted by Crippen LogP contribution is 2.42. The zero-order chi connectivity index (χ0) is 19.1. The number of ether oxygens (including phenoxy) is 1. The van der Waals surface area contributed by atoms with E-state index in [2.05, 4.69) is 55.5 Å². The molecule has 3 rings (SSSR count). The maximum Gasteiger partial charge on any atom is 0.150 e. The summed E-state index contributed by atoms with van der Waals surface area (Å²) in [7, 11) is 2.26. The highest BCUT2D eigenvalue weighted by molar-refractivity contribution is 7.47. The summed E-state index contributed by atoms with van der Waals surface area (Å²) in [5.74, 6) is 0.926. The minimum absolute atomic E-state index is 0.330. The predicted octanol–water partition coefficient (Wildman–Crippen LogP) is 5.55. The lowest BCUT2D eigenvalue weighted by atomic mass is 10.00. The number of hydrogen-bond donors (Lipinski definition) is 0. The number of rotatable bonds is 8. The third-order valence-corrected chi connectivity index (χ3v) is 6.58. The average Bonchev–Trinajstić information content (AvgIpc) is 2.73. The average molecular weight is 376 g/mol. The summed E-state index contributed by atoms with van der Waals surface area (Å²) in [5, 5.41) is 1.12. The van der Waals surface area contributed by atoms with E-state index in [1.54, 1.807) is 7.11 Å². The van der Waals surface area contributed by atoms with Gasteiger partial charge in [0.15, 0.2) is 6.29 Å². The molecule has 27 heavy (non-hydrogen) atoms. The van der Waals surface area contributed by atoms with Crippen molar-refractivity contribution in [1.82, 2.24) is 0 Å². The summed E-state index contributed by atoms with van der Waals surface area (Å²) in [4.78, 5) is 11.4. The van der Waals surface area contributed by atoms with Crippen molar-refractivity contribution in [2.75, 3.05) is 7.11 Å². The van der Waals surface area contributed by atoms with Crippen molar-refractivity contribution in [2.24, 2.45) is 0 Å². The lowest BCUT2D eigenvalue weighted by Crippen LogP contribution is -2.07. The smallest absolute Gasteiger partial charge is 0.150 e. The maximum atomic E-state index is 11.4. The zero-order valence-electron chi connectivity index (χ0n) is 15.8. The van der Waals surface area contributed by atoms with Crippen LogP contribution in [0.15, 0.2) is 72.8 Å². The Balaban J connectivity index is 1.91. The lowest BCUT2D eigenvalue weighted by molar-refractivity contribution is 0.112. The van der Waals surface area contributed by atoms with Gasteiger partial charge in [-0.2, -0.15) is 0 Å². The van der Waals surface area contributed by atoms with Crippen LogP contribution in [0.2, 0.25) is 0 Å². The van der Waals surface area contributed by atoms with Crippen molar-refractivity contribution < 1.29 is 9.53 Å². The van der Waals surface area contributed by atoms with Crippen LogP contribution in [0.3, 0.4) is 0 Å². The Morgan fingerprint density at radius 2 is 1.70 bits per heavy atom. The van der Waals surface area contributed by atoms with Crippen LogP contribution in [0, 0.1) is 0 Å². The van der Waals surface area contributed by atoms with Crippen LogP contribution < -0.4 is 10.0 Å². The van der Waals surface area contributed by atoms with Gasteiger partial charge in [-0.25, -0.2) is 0 Å². The number of carbonyl (C=O) groups excluding carboxylic acids is 1. The second-order valence-corrected chi connectivity index (χ2v) is 8.07. The van der Waals surface area contributed by atoms with E-state index in [4.69, 9.17) is 4.74 Å². The second-order valence-electron chi connectivity index (χ2n) is 6.55. The van der Waals surface area contributed by atoms with E-state index in [1.807, 2.05) is 24.3 Å². The van der Waals surface area contributed by atoms with Gasteiger partial charge >= 0.3 is 0 Å². The second kappa shape index (κ2) is 9.48. The quantitative estimate of drug-likeness (QED) is 0.380. The first-order valence-electron chi connectivity index (χ1n) is 9.26. The summed E-state index contributed by atoms with van der Waals surface area (Å²) >= 11 is 0. The molecule has 0 aliphatic rings. The standard InChI is InChI=1S/C24H25O2P/c1-3-23(27-24-12-8-7-11-20(24)17-25)21-16-19(13-14-22(21)26-2)15-18-9-5-4-6-10-18/h4-14,16-17,23,27H,3,15H2,1-2H3. The number of carbonyl (C=O) groups is 1. The molecule has 0 aliphatic heterocycles. The van der Waals surface area contributed by atoms with Crippen LogP contribution in [-0.2, 0) is 6.42 Å². The van der Waals surface area contributed by atoms with Gasteiger partial charge in [0.2, 0.25) is 0 Å². The van der Waals surface area contributed by atoms with Crippen molar-refractivity contribution in [2.45, 2.75) is 25.4 Å². The fourth-order valence-electron chi connectivity index (χ4n) is 3.32. The van der Waals surface area contributed by atoms with Crippen molar-refractivity contribution in [1.29, 1.82) is 0 Å². The van der Waals surface area contributed by atoms with Gasteiger partial charge in [-0.05, 0) is 35.3 Å². The van der Waals surface area contributed by atoms with E-state index < -0.39 is 0 Å². The van der Waals surface area contributed by atoms with Gasteiger partial charge in [-0.3, -0.25) is 4.79 Å². The first-order valence-corrected chi connectivity index (χ1v) is 10.3. The van der Waals surface area contributed by atoms with Crippen molar-refractivity contribution in [3.63, 3.8) is 0 Å². The minimum Gasteiger partial charge on any atom is -0.496 e. The van der Waals surface area contributed by atoms with E-state index in [9.17, 15) is 4.79 Å². The van der Waals surface area contributed by atoms with E-state index >= 15 is 0 Å². The summed E-state index contributed by atoms with van der Waals surface area (Å²) in [5.41, 5.74) is 4.93. The Kier molecular flexibility index (Phi) is 6.79. The molecule has 138 valence electrons. The van der Waals surface area contributed by atoms with E-state index in [-0.39, 0.29) is 0 Å². The molecule has 3 heteroatoms. The van der Waals surface area contributed by atoms with Crippen molar-refractivity contribution in [3.8, 4) is 5.75 Å². The fraction of sp³-hybridized carbons (Fsp3) is 0.208. The molecule has 0 spiro atoms. The van der Waals surface area contributed by atoms with Crippen LogP contribution in [0.5, 0.6) is 5.75 Å². The lowest BCUT2D eigenvalue weighted by Gasteiger charge is -2.20. The Morgan fingerprint density at radius 1 is 0.963 bits per heavy atom. The monoisotopic (exact) mass is 376 g/mol. The van der Waals surface area contributed by atoms with E-state index in [0.29, 0.717) is 14.2 Å². The molecule has 3 aromatic carbocycles. The molecule has 0 amide bonds. The van der Waals surface area contributed by atoms with Crippen LogP contribution in [-0.4, -0.2) is 13.4 Å². The Bertz CT molecular complexity index is 890. The van der Waals surface area contributed by atoms with Gasteiger partial charge in [0.25, 0.3) is 0 Å². The number of hydrogen-bond acceptors (Lipinski definition) is 2. The highest BCUT2D eigenvalue weighted by Gasteiger charge is 2.17. The molecule has 0 fully saturated rings. The maximum absolute atomic E-state index is 11.4. The Morgan fingerprint density at radius 3 is 2.41 bits per heavy atom. The molecular weight excluding hydrogens is 351 g/mol. The number of methoxy groups -OCH3 is 1. The molecule has 0 heterocycles. The number of aldehydes is 1. The zero-order valence-corrected chi connectivity index (χ0v) is 16.8. The molecule has 3 aromatic rings. The normalized spacial score (nSPS) is 12.2. The molecule has 0 saturated carbocycles. The van der Waals surface area contributed by atoms with Crippen LogP contribution >= 0.6 is 8.58 Å². The molecule has 2 nitrogen and oxygen atoms in total. The molecule has 2 unspecified atom stereocenters. The van der Waals surface area contributed by atoms with Gasteiger partial charge < -0.3 is 4.74 Å². The summed E-state index contributed by atoms with van der Waals surface area (Å²) in [6.45, 7) is 2.20. The van der Waals surface area contributed by atoms with Crippen molar-refractivity contribution >= 4 is 20.2 Å². The third kappa shape index (κ3) is 4.84. The van der Waals surface area contributed by atoms with Crippen LogP contribution in [0.1, 0.15) is 46.1 Å². The third-order valence-electron chi connectivity index (χ3n) is 4.75. The van der Waals surface area contributed by atoms with Gasteiger partial charge in [-0.1, -0.05) is 82.2 Å². The first kappa shape index (κ1) is 19.3. The van der Waals surface area contributed by atoms with Crippen LogP contribution in [0.25, 0.3) is 0 Å². The van der Waals surface area contributed by atoms with Crippen LogP contribution in [0.4, 0.5) is 0 Å². The molecule has 0 aromatic heterocycles.